The van der Waals surface area contributed by atoms with Crippen molar-refractivity contribution in [2.45, 2.75) is 51.6 Å². The highest BCUT2D eigenvalue weighted by atomic mass is 32.1. The number of rotatable bonds is 7. The molecule has 0 fully saturated rings. The maximum atomic E-state index is 12.0. The lowest BCUT2D eigenvalue weighted by Gasteiger charge is -2.27. The summed E-state index contributed by atoms with van der Waals surface area (Å²) in [5.74, 6) is -1.02. The Kier molecular flexibility index (Phi) is 6.01. The van der Waals surface area contributed by atoms with E-state index >= 15 is 0 Å². The molecule has 0 radical (unpaired) electrons. The number of carboxylic acids is 1. The lowest BCUT2D eigenvalue weighted by molar-refractivity contribution is -0.144. The SMILES string of the molecule is CCCC(C)(NC(=O)NC(CC)c1cccs1)C(=O)O. The van der Waals surface area contributed by atoms with E-state index in [0.717, 1.165) is 11.3 Å². The van der Waals surface area contributed by atoms with Gasteiger partial charge in [0.15, 0.2) is 0 Å². The van der Waals surface area contributed by atoms with Gasteiger partial charge >= 0.3 is 12.0 Å². The molecule has 0 bridgehead atoms. The summed E-state index contributed by atoms with van der Waals surface area (Å²) in [5, 5.41) is 16.6. The highest BCUT2D eigenvalue weighted by Gasteiger charge is 2.34. The molecule has 2 unspecified atom stereocenters. The summed E-state index contributed by atoms with van der Waals surface area (Å²) in [6, 6.07) is 3.36. The number of urea groups is 1. The molecule has 0 aliphatic rings. The molecule has 1 heterocycles. The van der Waals surface area contributed by atoms with Crippen LogP contribution in [0.3, 0.4) is 0 Å². The minimum atomic E-state index is -1.23. The van der Waals surface area contributed by atoms with Crippen LogP contribution in [0.25, 0.3) is 0 Å². The van der Waals surface area contributed by atoms with Crippen molar-refractivity contribution >= 4 is 23.3 Å². The van der Waals surface area contributed by atoms with Gasteiger partial charge < -0.3 is 15.7 Å². The highest BCUT2D eigenvalue weighted by Crippen LogP contribution is 2.21. The van der Waals surface area contributed by atoms with Crippen LogP contribution in [-0.2, 0) is 4.79 Å². The summed E-state index contributed by atoms with van der Waals surface area (Å²) in [4.78, 5) is 24.4. The molecule has 6 heteroatoms. The van der Waals surface area contributed by atoms with Gasteiger partial charge in [0, 0.05) is 4.88 Å². The molecule has 0 aliphatic heterocycles. The van der Waals surface area contributed by atoms with Crippen molar-refractivity contribution in [1.29, 1.82) is 0 Å². The quantitative estimate of drug-likeness (QED) is 0.723. The van der Waals surface area contributed by atoms with Gasteiger partial charge in [-0.05, 0) is 31.2 Å². The van der Waals surface area contributed by atoms with Crippen molar-refractivity contribution in [2.75, 3.05) is 0 Å². The Hall–Kier alpha value is -1.56. The zero-order chi connectivity index (χ0) is 15.2. The predicted octanol–water partition coefficient (Wildman–Crippen LogP) is 3.14. The van der Waals surface area contributed by atoms with E-state index in [1.165, 1.54) is 6.92 Å². The van der Waals surface area contributed by atoms with Crippen LogP contribution in [-0.4, -0.2) is 22.6 Å². The molecule has 3 N–H and O–H groups in total. The van der Waals surface area contributed by atoms with Crippen molar-refractivity contribution in [3.8, 4) is 0 Å². The number of carboxylic acid groups (broad SMARTS) is 1. The average Bonchev–Trinajstić information content (AvgIpc) is 2.89. The molecule has 0 aromatic carbocycles. The molecule has 0 saturated heterocycles. The first-order chi connectivity index (χ1) is 9.42. The van der Waals surface area contributed by atoms with Crippen LogP contribution in [0.1, 0.15) is 51.0 Å². The van der Waals surface area contributed by atoms with E-state index in [-0.39, 0.29) is 6.04 Å². The number of carbonyl (C=O) groups excluding carboxylic acids is 1. The van der Waals surface area contributed by atoms with Gasteiger partial charge in [-0.25, -0.2) is 9.59 Å². The molecule has 1 rings (SSSR count). The van der Waals surface area contributed by atoms with Crippen LogP contribution in [0.4, 0.5) is 4.79 Å². The summed E-state index contributed by atoms with van der Waals surface area (Å²) in [6.45, 7) is 5.40. The maximum absolute atomic E-state index is 12.0. The van der Waals surface area contributed by atoms with E-state index in [1.807, 2.05) is 31.4 Å². The second-order valence-electron chi connectivity index (χ2n) is 4.96. The van der Waals surface area contributed by atoms with Crippen LogP contribution in [0, 0.1) is 0 Å². The van der Waals surface area contributed by atoms with Crippen LogP contribution < -0.4 is 10.6 Å². The third-order valence-electron chi connectivity index (χ3n) is 3.21. The Bertz CT molecular complexity index is 447. The average molecular weight is 298 g/mol. The van der Waals surface area contributed by atoms with E-state index in [4.69, 9.17) is 0 Å². The van der Waals surface area contributed by atoms with Gasteiger partial charge in [-0.15, -0.1) is 11.3 Å². The Morgan fingerprint density at radius 1 is 1.45 bits per heavy atom. The van der Waals surface area contributed by atoms with Crippen molar-refractivity contribution in [3.63, 3.8) is 0 Å². The van der Waals surface area contributed by atoms with E-state index in [0.29, 0.717) is 12.8 Å². The number of hydrogen-bond donors (Lipinski definition) is 3. The summed E-state index contributed by atoms with van der Waals surface area (Å²) < 4.78 is 0. The van der Waals surface area contributed by atoms with Crippen LogP contribution in [0.5, 0.6) is 0 Å². The zero-order valence-electron chi connectivity index (χ0n) is 12.1. The van der Waals surface area contributed by atoms with Crippen molar-refractivity contribution in [3.05, 3.63) is 22.4 Å². The second-order valence-corrected chi connectivity index (χ2v) is 5.94. The summed E-state index contributed by atoms with van der Waals surface area (Å²) in [5.41, 5.74) is -1.23. The molecule has 1 aromatic rings. The topological polar surface area (TPSA) is 78.4 Å². The molecule has 2 amide bonds. The standard InChI is InChI=1S/C14H22N2O3S/c1-4-8-14(3,12(17)18)16-13(19)15-10(5-2)11-7-6-9-20-11/h6-7,9-10H,4-5,8H2,1-3H3,(H,17,18)(H2,15,16,19). The highest BCUT2D eigenvalue weighted by molar-refractivity contribution is 7.10. The summed E-state index contributed by atoms with van der Waals surface area (Å²) >= 11 is 1.57. The Morgan fingerprint density at radius 3 is 2.60 bits per heavy atom. The summed E-state index contributed by atoms with van der Waals surface area (Å²) in [6.07, 6.45) is 1.84. The van der Waals surface area contributed by atoms with Gasteiger partial charge in [-0.2, -0.15) is 0 Å². The van der Waals surface area contributed by atoms with Crippen LogP contribution in [0.15, 0.2) is 17.5 Å². The van der Waals surface area contributed by atoms with E-state index in [1.54, 1.807) is 11.3 Å². The van der Waals surface area contributed by atoms with Gasteiger partial charge in [-0.1, -0.05) is 26.3 Å². The number of aliphatic carboxylic acids is 1. The molecular weight excluding hydrogens is 276 g/mol. The number of nitrogens with one attached hydrogen (secondary N) is 2. The van der Waals surface area contributed by atoms with Gasteiger partial charge in [0.25, 0.3) is 0 Å². The smallest absolute Gasteiger partial charge is 0.329 e. The minimum Gasteiger partial charge on any atom is -0.480 e. The molecule has 0 spiro atoms. The molecule has 20 heavy (non-hydrogen) atoms. The van der Waals surface area contributed by atoms with E-state index in [9.17, 15) is 14.7 Å². The van der Waals surface area contributed by atoms with Gasteiger partial charge in [-0.3, -0.25) is 0 Å². The third-order valence-corrected chi connectivity index (χ3v) is 4.20. The fraction of sp³-hybridized carbons (Fsp3) is 0.571. The Labute approximate surface area is 123 Å². The van der Waals surface area contributed by atoms with Crippen molar-refractivity contribution < 1.29 is 14.7 Å². The monoisotopic (exact) mass is 298 g/mol. The van der Waals surface area contributed by atoms with Gasteiger partial charge in [0.1, 0.15) is 5.54 Å². The zero-order valence-corrected chi connectivity index (χ0v) is 12.9. The molecule has 112 valence electrons. The predicted molar refractivity (Wildman–Crippen MR) is 80.0 cm³/mol. The lowest BCUT2D eigenvalue weighted by Crippen LogP contribution is -2.55. The maximum Gasteiger partial charge on any atom is 0.329 e. The summed E-state index contributed by atoms with van der Waals surface area (Å²) in [7, 11) is 0. The van der Waals surface area contributed by atoms with Gasteiger partial charge in [0.05, 0.1) is 6.04 Å². The van der Waals surface area contributed by atoms with Crippen molar-refractivity contribution in [1.82, 2.24) is 10.6 Å². The largest absolute Gasteiger partial charge is 0.480 e. The van der Waals surface area contributed by atoms with Crippen LogP contribution in [0.2, 0.25) is 0 Å². The molecule has 1 aromatic heterocycles. The Balaban J connectivity index is 2.68. The Morgan fingerprint density at radius 2 is 2.15 bits per heavy atom. The lowest BCUT2D eigenvalue weighted by atomic mass is 9.96. The molecule has 0 aliphatic carbocycles. The number of carbonyl (C=O) groups is 2. The number of hydrogen-bond acceptors (Lipinski definition) is 3. The second kappa shape index (κ2) is 7.28. The first-order valence-corrected chi connectivity index (χ1v) is 7.66. The number of amides is 2. The fourth-order valence-corrected chi connectivity index (χ4v) is 2.89. The third kappa shape index (κ3) is 4.23. The molecule has 5 nitrogen and oxygen atoms in total. The van der Waals surface area contributed by atoms with Crippen LogP contribution >= 0.6 is 11.3 Å². The minimum absolute atomic E-state index is 0.0883. The van der Waals surface area contributed by atoms with Gasteiger partial charge in [0.2, 0.25) is 0 Å². The molecular formula is C14H22N2O3S. The molecule has 0 saturated carbocycles. The first-order valence-electron chi connectivity index (χ1n) is 6.78. The fourth-order valence-electron chi connectivity index (χ4n) is 2.03. The van der Waals surface area contributed by atoms with E-state index in [2.05, 4.69) is 10.6 Å². The first kappa shape index (κ1) is 16.5. The normalized spacial score (nSPS) is 15.2. The van der Waals surface area contributed by atoms with Crippen molar-refractivity contribution in [2.24, 2.45) is 0 Å². The van der Waals surface area contributed by atoms with E-state index < -0.39 is 17.5 Å². The number of thiophene rings is 1. The molecule has 2 atom stereocenters.